The van der Waals surface area contributed by atoms with Crippen molar-refractivity contribution in [3.05, 3.63) is 35.9 Å². The molecule has 0 radical (unpaired) electrons. The molecule has 0 saturated carbocycles. The molecule has 1 aliphatic heterocycles. The van der Waals surface area contributed by atoms with Crippen LogP contribution in [0.5, 0.6) is 0 Å². The number of carbonyl (C=O) groups excluding carboxylic acids is 1. The van der Waals surface area contributed by atoms with E-state index in [0.29, 0.717) is 5.92 Å². The Morgan fingerprint density at radius 1 is 1.30 bits per heavy atom. The number of carbonyl (C=O) groups is 1. The normalized spacial score (nSPS) is 17.1. The first-order valence-electron chi connectivity index (χ1n) is 7.34. The van der Waals surface area contributed by atoms with Gasteiger partial charge < -0.3 is 10.6 Å². The fraction of sp³-hybridized carbons (Fsp3) is 0.562. The van der Waals surface area contributed by atoms with Crippen molar-refractivity contribution < 1.29 is 4.79 Å². The molecule has 1 aliphatic rings. The van der Waals surface area contributed by atoms with E-state index in [1.807, 2.05) is 6.07 Å². The summed E-state index contributed by atoms with van der Waals surface area (Å²) in [4.78, 5) is 12.1. The second kappa shape index (κ2) is 8.98. The molecular weight excluding hydrogens is 272 g/mol. The Hall–Kier alpha value is -1.06. The van der Waals surface area contributed by atoms with Gasteiger partial charge in [-0.3, -0.25) is 4.79 Å². The van der Waals surface area contributed by atoms with Gasteiger partial charge in [0.05, 0.1) is 0 Å². The van der Waals surface area contributed by atoms with Crippen molar-refractivity contribution in [1.29, 1.82) is 0 Å². The first kappa shape index (κ1) is 17.0. The molecule has 1 amide bonds. The summed E-state index contributed by atoms with van der Waals surface area (Å²) in [7, 11) is 0. The molecule has 1 aromatic carbocycles. The zero-order valence-electron chi connectivity index (χ0n) is 12.1. The summed E-state index contributed by atoms with van der Waals surface area (Å²) < 4.78 is 0. The maximum atomic E-state index is 12.1. The molecule has 3 nitrogen and oxygen atoms in total. The third kappa shape index (κ3) is 4.80. The lowest BCUT2D eigenvalue weighted by atomic mass is 9.94. The molecule has 1 atom stereocenters. The summed E-state index contributed by atoms with van der Waals surface area (Å²) in [5.41, 5.74) is 1.32. The van der Waals surface area contributed by atoms with Crippen molar-refractivity contribution in [1.82, 2.24) is 10.6 Å². The fourth-order valence-corrected chi connectivity index (χ4v) is 2.68. The first-order chi connectivity index (χ1) is 9.31. The predicted molar refractivity (Wildman–Crippen MR) is 85.3 cm³/mol. The topological polar surface area (TPSA) is 41.1 Å². The molecule has 1 unspecified atom stereocenters. The SMILES string of the molecule is CCC(CNC(=O)C1CCNCC1)c1ccccc1.Cl. The monoisotopic (exact) mass is 296 g/mol. The summed E-state index contributed by atoms with van der Waals surface area (Å²) in [6.07, 6.45) is 2.98. The van der Waals surface area contributed by atoms with Crippen LogP contribution in [0.3, 0.4) is 0 Å². The zero-order chi connectivity index (χ0) is 13.5. The number of halogens is 1. The Morgan fingerprint density at radius 2 is 1.95 bits per heavy atom. The second-order valence-electron chi connectivity index (χ2n) is 5.29. The Morgan fingerprint density at radius 3 is 2.55 bits per heavy atom. The number of hydrogen-bond donors (Lipinski definition) is 2. The van der Waals surface area contributed by atoms with Gasteiger partial charge in [0.15, 0.2) is 0 Å². The van der Waals surface area contributed by atoms with Gasteiger partial charge in [-0.05, 0) is 37.9 Å². The second-order valence-corrected chi connectivity index (χ2v) is 5.29. The van der Waals surface area contributed by atoms with E-state index >= 15 is 0 Å². The highest BCUT2D eigenvalue weighted by Gasteiger charge is 2.21. The van der Waals surface area contributed by atoms with Crippen molar-refractivity contribution in [2.75, 3.05) is 19.6 Å². The molecule has 2 rings (SSSR count). The van der Waals surface area contributed by atoms with Crippen molar-refractivity contribution in [2.24, 2.45) is 5.92 Å². The third-order valence-electron chi connectivity index (χ3n) is 4.00. The largest absolute Gasteiger partial charge is 0.355 e. The number of amides is 1. The van der Waals surface area contributed by atoms with Crippen molar-refractivity contribution in [2.45, 2.75) is 32.1 Å². The van der Waals surface area contributed by atoms with E-state index in [1.165, 1.54) is 5.56 Å². The molecule has 1 aromatic rings. The van der Waals surface area contributed by atoms with Crippen LogP contribution in [0.4, 0.5) is 0 Å². The molecule has 2 N–H and O–H groups in total. The van der Waals surface area contributed by atoms with E-state index in [4.69, 9.17) is 0 Å². The standard InChI is InChI=1S/C16H24N2O.ClH/c1-2-13(14-6-4-3-5-7-14)12-18-16(19)15-8-10-17-11-9-15;/h3-7,13,15,17H,2,8-12H2,1H3,(H,18,19);1H. The maximum absolute atomic E-state index is 12.1. The summed E-state index contributed by atoms with van der Waals surface area (Å²) in [6.45, 7) is 4.86. The van der Waals surface area contributed by atoms with Crippen LogP contribution in [0.15, 0.2) is 30.3 Å². The van der Waals surface area contributed by atoms with Crippen LogP contribution in [-0.4, -0.2) is 25.5 Å². The lowest BCUT2D eigenvalue weighted by Gasteiger charge is -2.23. The highest BCUT2D eigenvalue weighted by Crippen LogP contribution is 2.19. The van der Waals surface area contributed by atoms with E-state index in [2.05, 4.69) is 41.8 Å². The summed E-state index contributed by atoms with van der Waals surface area (Å²) >= 11 is 0. The maximum Gasteiger partial charge on any atom is 0.223 e. The lowest BCUT2D eigenvalue weighted by Crippen LogP contribution is -2.39. The van der Waals surface area contributed by atoms with Gasteiger partial charge in [-0.15, -0.1) is 12.4 Å². The van der Waals surface area contributed by atoms with Gasteiger partial charge in [-0.2, -0.15) is 0 Å². The summed E-state index contributed by atoms with van der Waals surface area (Å²) in [5.74, 6) is 0.859. The number of piperidine rings is 1. The Kier molecular flexibility index (Phi) is 7.63. The average Bonchev–Trinajstić information content (AvgIpc) is 2.49. The molecule has 112 valence electrons. The van der Waals surface area contributed by atoms with Gasteiger partial charge in [-0.25, -0.2) is 0 Å². The fourth-order valence-electron chi connectivity index (χ4n) is 2.68. The molecule has 20 heavy (non-hydrogen) atoms. The van der Waals surface area contributed by atoms with Gasteiger partial charge in [0.1, 0.15) is 0 Å². The quantitative estimate of drug-likeness (QED) is 0.877. The van der Waals surface area contributed by atoms with E-state index in [1.54, 1.807) is 0 Å². The first-order valence-corrected chi connectivity index (χ1v) is 7.34. The minimum atomic E-state index is 0. The van der Waals surface area contributed by atoms with Crippen LogP contribution in [0.25, 0.3) is 0 Å². The van der Waals surface area contributed by atoms with Crippen LogP contribution in [-0.2, 0) is 4.79 Å². The number of rotatable bonds is 5. The Balaban J connectivity index is 0.00000200. The average molecular weight is 297 g/mol. The van der Waals surface area contributed by atoms with Gasteiger partial charge in [0.25, 0.3) is 0 Å². The number of hydrogen-bond acceptors (Lipinski definition) is 2. The van der Waals surface area contributed by atoms with Crippen LogP contribution in [0, 0.1) is 5.92 Å². The van der Waals surface area contributed by atoms with Crippen LogP contribution in [0.1, 0.15) is 37.7 Å². The molecule has 0 spiro atoms. The predicted octanol–water partition coefficient (Wildman–Crippen LogP) is 2.72. The van der Waals surface area contributed by atoms with E-state index in [9.17, 15) is 4.79 Å². The van der Waals surface area contributed by atoms with Crippen molar-refractivity contribution in [3.8, 4) is 0 Å². The molecule has 4 heteroatoms. The third-order valence-corrected chi connectivity index (χ3v) is 4.00. The summed E-state index contributed by atoms with van der Waals surface area (Å²) in [5, 5.41) is 6.43. The van der Waals surface area contributed by atoms with E-state index in [-0.39, 0.29) is 24.2 Å². The minimum Gasteiger partial charge on any atom is -0.355 e. The van der Waals surface area contributed by atoms with Crippen molar-refractivity contribution in [3.63, 3.8) is 0 Å². The lowest BCUT2D eigenvalue weighted by molar-refractivity contribution is -0.125. The van der Waals surface area contributed by atoms with Gasteiger partial charge in [0.2, 0.25) is 5.91 Å². The highest BCUT2D eigenvalue weighted by molar-refractivity contribution is 5.85. The van der Waals surface area contributed by atoms with Gasteiger partial charge >= 0.3 is 0 Å². The van der Waals surface area contributed by atoms with Crippen LogP contribution >= 0.6 is 12.4 Å². The summed E-state index contributed by atoms with van der Waals surface area (Å²) in [6, 6.07) is 10.4. The van der Waals surface area contributed by atoms with Crippen molar-refractivity contribution >= 4 is 18.3 Å². The number of nitrogens with one attached hydrogen (secondary N) is 2. The number of benzene rings is 1. The Bertz CT molecular complexity index is 391. The zero-order valence-corrected chi connectivity index (χ0v) is 12.9. The van der Waals surface area contributed by atoms with E-state index in [0.717, 1.165) is 38.9 Å². The van der Waals surface area contributed by atoms with Crippen LogP contribution < -0.4 is 10.6 Å². The van der Waals surface area contributed by atoms with E-state index < -0.39 is 0 Å². The molecule has 0 aromatic heterocycles. The smallest absolute Gasteiger partial charge is 0.223 e. The molecule has 0 bridgehead atoms. The molecule has 1 saturated heterocycles. The molecule has 0 aliphatic carbocycles. The van der Waals surface area contributed by atoms with Crippen LogP contribution in [0.2, 0.25) is 0 Å². The Labute approximate surface area is 127 Å². The minimum absolute atomic E-state index is 0. The van der Waals surface area contributed by atoms with Gasteiger partial charge in [0, 0.05) is 18.4 Å². The molecule has 1 heterocycles. The molecular formula is C16H25ClN2O. The van der Waals surface area contributed by atoms with Gasteiger partial charge in [-0.1, -0.05) is 37.3 Å². The molecule has 1 fully saturated rings. The highest BCUT2D eigenvalue weighted by atomic mass is 35.5.